The Kier molecular flexibility index (Phi) is 4.26. The van der Waals surface area contributed by atoms with E-state index < -0.39 is 11.9 Å². The van der Waals surface area contributed by atoms with Crippen molar-refractivity contribution in [1.29, 1.82) is 0 Å². The largest absolute Gasteiger partial charge is 0.465 e. The van der Waals surface area contributed by atoms with Crippen LogP contribution in [0.1, 0.15) is 38.8 Å². The first-order valence-electron chi connectivity index (χ1n) is 5.38. The van der Waals surface area contributed by atoms with Crippen molar-refractivity contribution >= 4 is 11.9 Å². The van der Waals surface area contributed by atoms with E-state index in [0.29, 0.717) is 23.3 Å². The van der Waals surface area contributed by atoms with Gasteiger partial charge in [0.2, 0.25) is 0 Å². The van der Waals surface area contributed by atoms with Gasteiger partial charge in [-0.15, -0.1) is 0 Å². The Morgan fingerprint density at radius 1 is 1.18 bits per heavy atom. The Balaban J connectivity index is 3.28. The number of rotatable bonds is 3. The fourth-order valence-electron chi connectivity index (χ4n) is 1.69. The maximum absolute atomic E-state index is 11.7. The molecule has 0 N–H and O–H groups in total. The second-order valence-electron chi connectivity index (χ2n) is 3.64. The van der Waals surface area contributed by atoms with Gasteiger partial charge in [-0.3, -0.25) is 0 Å². The molecular weight excluding hydrogens is 220 g/mol. The molecule has 4 heteroatoms. The van der Waals surface area contributed by atoms with Gasteiger partial charge in [0.15, 0.2) is 0 Å². The number of carbonyl (C=O) groups is 2. The number of benzene rings is 1. The topological polar surface area (TPSA) is 52.6 Å². The molecular formula is C13H16O4. The summed E-state index contributed by atoms with van der Waals surface area (Å²) in [5.41, 5.74) is 2.20. The van der Waals surface area contributed by atoms with Gasteiger partial charge in [-0.05, 0) is 38.0 Å². The molecule has 4 nitrogen and oxygen atoms in total. The predicted octanol–water partition coefficient (Wildman–Crippen LogP) is 2.27. The van der Waals surface area contributed by atoms with Gasteiger partial charge < -0.3 is 9.47 Å². The van der Waals surface area contributed by atoms with Crippen LogP contribution in [-0.4, -0.2) is 25.7 Å². The van der Waals surface area contributed by atoms with Gasteiger partial charge in [0.25, 0.3) is 0 Å². The highest BCUT2D eigenvalue weighted by Gasteiger charge is 2.19. The lowest BCUT2D eigenvalue weighted by atomic mass is 9.98. The van der Waals surface area contributed by atoms with E-state index in [1.807, 2.05) is 0 Å². The lowest BCUT2D eigenvalue weighted by Gasteiger charge is -2.11. The summed E-state index contributed by atoms with van der Waals surface area (Å²) < 4.78 is 9.63. The predicted molar refractivity (Wildman–Crippen MR) is 63.2 cm³/mol. The molecule has 0 aromatic heterocycles. The van der Waals surface area contributed by atoms with E-state index in [-0.39, 0.29) is 0 Å². The fraction of sp³-hybridized carbons (Fsp3) is 0.385. The third kappa shape index (κ3) is 2.64. The Morgan fingerprint density at radius 3 is 2.35 bits per heavy atom. The highest BCUT2D eigenvalue weighted by atomic mass is 16.5. The molecule has 0 amide bonds. The van der Waals surface area contributed by atoms with Gasteiger partial charge in [-0.25, -0.2) is 9.59 Å². The van der Waals surface area contributed by atoms with Crippen LogP contribution in [0.2, 0.25) is 0 Å². The van der Waals surface area contributed by atoms with E-state index in [2.05, 4.69) is 0 Å². The molecule has 1 aromatic rings. The molecule has 0 spiro atoms. The molecule has 0 aliphatic heterocycles. The maximum atomic E-state index is 11.7. The maximum Gasteiger partial charge on any atom is 0.338 e. The molecule has 1 aromatic carbocycles. The van der Waals surface area contributed by atoms with Gasteiger partial charge in [0.1, 0.15) is 0 Å². The van der Waals surface area contributed by atoms with Crippen molar-refractivity contribution in [2.24, 2.45) is 0 Å². The summed E-state index contributed by atoms with van der Waals surface area (Å²) in [6, 6.07) is 3.38. The first-order valence-corrected chi connectivity index (χ1v) is 5.38. The quantitative estimate of drug-likeness (QED) is 0.755. The highest BCUT2D eigenvalue weighted by Crippen LogP contribution is 2.20. The first kappa shape index (κ1) is 13.2. The monoisotopic (exact) mass is 236 g/mol. The van der Waals surface area contributed by atoms with Crippen LogP contribution in [0.25, 0.3) is 0 Å². The molecule has 0 saturated carbocycles. The number of ether oxygens (including phenoxy) is 2. The summed E-state index contributed by atoms with van der Waals surface area (Å²) >= 11 is 0. The van der Waals surface area contributed by atoms with Crippen LogP contribution in [0.15, 0.2) is 12.1 Å². The molecule has 0 unspecified atom stereocenters. The number of hydrogen-bond donors (Lipinski definition) is 0. The first-order chi connectivity index (χ1) is 8.02. The van der Waals surface area contributed by atoms with Gasteiger partial charge in [0.05, 0.1) is 24.8 Å². The van der Waals surface area contributed by atoms with Crippen molar-refractivity contribution in [1.82, 2.24) is 0 Å². The smallest absolute Gasteiger partial charge is 0.338 e. The van der Waals surface area contributed by atoms with Crippen molar-refractivity contribution in [2.45, 2.75) is 20.8 Å². The summed E-state index contributed by atoms with van der Waals surface area (Å²) in [5, 5.41) is 0. The third-order valence-corrected chi connectivity index (χ3v) is 2.56. The molecule has 17 heavy (non-hydrogen) atoms. The highest BCUT2D eigenvalue weighted by molar-refractivity contribution is 5.98. The standard InChI is InChI=1S/C13H16O4/c1-5-17-12(14)10-7-6-8(2)11(9(10)3)13(15)16-4/h6-7H,5H2,1-4H3. The molecule has 0 aliphatic carbocycles. The zero-order valence-corrected chi connectivity index (χ0v) is 10.5. The van der Waals surface area contributed by atoms with Crippen molar-refractivity contribution in [3.8, 4) is 0 Å². The number of aryl methyl sites for hydroxylation is 1. The van der Waals surface area contributed by atoms with Crippen LogP contribution < -0.4 is 0 Å². The lowest BCUT2D eigenvalue weighted by molar-refractivity contribution is 0.0525. The van der Waals surface area contributed by atoms with Gasteiger partial charge in [0, 0.05) is 0 Å². The molecule has 92 valence electrons. The fourth-order valence-corrected chi connectivity index (χ4v) is 1.69. The second kappa shape index (κ2) is 5.48. The van der Waals surface area contributed by atoms with E-state index in [4.69, 9.17) is 9.47 Å². The molecule has 0 saturated heterocycles. The SMILES string of the molecule is CCOC(=O)c1ccc(C)c(C(=O)OC)c1C. The summed E-state index contributed by atoms with van der Waals surface area (Å²) in [6.45, 7) is 5.56. The van der Waals surface area contributed by atoms with E-state index in [9.17, 15) is 9.59 Å². The summed E-state index contributed by atoms with van der Waals surface area (Å²) in [7, 11) is 1.32. The molecule has 0 fully saturated rings. The summed E-state index contributed by atoms with van der Waals surface area (Å²) in [6.07, 6.45) is 0. The minimum absolute atomic E-state index is 0.305. The Bertz CT molecular complexity index is 449. The second-order valence-corrected chi connectivity index (χ2v) is 3.64. The third-order valence-electron chi connectivity index (χ3n) is 2.56. The molecule has 0 atom stereocenters. The minimum Gasteiger partial charge on any atom is -0.465 e. The molecule has 0 radical (unpaired) electrons. The van der Waals surface area contributed by atoms with Crippen LogP contribution in [-0.2, 0) is 9.47 Å². The van der Waals surface area contributed by atoms with Crippen molar-refractivity contribution < 1.29 is 19.1 Å². The van der Waals surface area contributed by atoms with Crippen LogP contribution in [0.4, 0.5) is 0 Å². The zero-order valence-electron chi connectivity index (χ0n) is 10.5. The molecule has 0 aliphatic rings. The number of carbonyl (C=O) groups excluding carboxylic acids is 2. The van der Waals surface area contributed by atoms with E-state index >= 15 is 0 Å². The van der Waals surface area contributed by atoms with Crippen molar-refractivity contribution in [2.75, 3.05) is 13.7 Å². The van der Waals surface area contributed by atoms with Gasteiger partial charge in [-0.2, -0.15) is 0 Å². The average Bonchev–Trinajstić information content (AvgIpc) is 2.29. The van der Waals surface area contributed by atoms with Crippen LogP contribution in [0.3, 0.4) is 0 Å². The van der Waals surface area contributed by atoms with Crippen molar-refractivity contribution in [3.63, 3.8) is 0 Å². The van der Waals surface area contributed by atoms with Crippen LogP contribution >= 0.6 is 0 Å². The Labute approximate surface area is 101 Å². The molecule has 0 bridgehead atoms. The van der Waals surface area contributed by atoms with E-state index in [1.54, 1.807) is 32.9 Å². The van der Waals surface area contributed by atoms with Crippen LogP contribution in [0, 0.1) is 13.8 Å². The Hall–Kier alpha value is -1.84. The average molecular weight is 236 g/mol. The zero-order chi connectivity index (χ0) is 13.0. The van der Waals surface area contributed by atoms with Crippen LogP contribution in [0.5, 0.6) is 0 Å². The lowest BCUT2D eigenvalue weighted by Crippen LogP contribution is -2.13. The van der Waals surface area contributed by atoms with E-state index in [0.717, 1.165) is 5.56 Å². The summed E-state index contributed by atoms with van der Waals surface area (Å²) in [5.74, 6) is -0.860. The Morgan fingerprint density at radius 2 is 1.82 bits per heavy atom. The minimum atomic E-state index is -0.439. The number of hydrogen-bond acceptors (Lipinski definition) is 4. The van der Waals surface area contributed by atoms with Gasteiger partial charge >= 0.3 is 11.9 Å². The molecule has 1 rings (SSSR count). The number of esters is 2. The van der Waals surface area contributed by atoms with Gasteiger partial charge in [-0.1, -0.05) is 6.07 Å². The molecule has 0 heterocycles. The number of methoxy groups -OCH3 is 1. The summed E-state index contributed by atoms with van der Waals surface area (Å²) in [4.78, 5) is 23.3. The normalized spacial score (nSPS) is 9.88. The van der Waals surface area contributed by atoms with E-state index in [1.165, 1.54) is 7.11 Å². The van der Waals surface area contributed by atoms with Crippen molar-refractivity contribution in [3.05, 3.63) is 34.4 Å².